The molecule has 1 aromatic heterocycles. The Hall–Kier alpha value is -1.38. The Labute approximate surface area is 127 Å². The molecule has 2 saturated heterocycles. The van der Waals surface area contributed by atoms with Crippen LogP contribution in [0.2, 0.25) is 0 Å². The third-order valence-corrected chi connectivity index (χ3v) is 5.07. The number of hydrogen-bond acceptors (Lipinski definition) is 7. The summed E-state index contributed by atoms with van der Waals surface area (Å²) in [4.78, 5) is 21.2. The second-order valence-corrected chi connectivity index (χ2v) is 6.38. The Morgan fingerprint density at radius 2 is 2.19 bits per heavy atom. The largest absolute Gasteiger partial charge is 0.396 e. The molecule has 3 heterocycles. The van der Waals surface area contributed by atoms with Gasteiger partial charge in [-0.3, -0.25) is 4.79 Å². The third-order valence-electron chi connectivity index (χ3n) is 3.95. The number of ether oxygens (including phenoxy) is 1. The molecule has 2 fully saturated rings. The standard InChI is InChI=1S/C13H20N4O3S/c14-11-10(12(19)17-2-1-9(7-17)8-18)21-13(15-11)16-3-5-20-6-4-16/h9,18H,1-8,14H2. The summed E-state index contributed by atoms with van der Waals surface area (Å²) in [5, 5.41) is 9.96. The van der Waals surface area contributed by atoms with Gasteiger partial charge in [0.2, 0.25) is 0 Å². The number of likely N-dealkylation sites (tertiary alicyclic amines) is 1. The fourth-order valence-electron chi connectivity index (χ4n) is 2.67. The number of rotatable bonds is 3. The summed E-state index contributed by atoms with van der Waals surface area (Å²) in [6.45, 7) is 4.29. The maximum atomic E-state index is 12.5. The van der Waals surface area contributed by atoms with Crippen LogP contribution in [-0.2, 0) is 4.74 Å². The van der Waals surface area contributed by atoms with Gasteiger partial charge in [0.1, 0.15) is 10.7 Å². The monoisotopic (exact) mass is 312 g/mol. The van der Waals surface area contributed by atoms with Crippen LogP contribution in [0.25, 0.3) is 0 Å². The molecule has 21 heavy (non-hydrogen) atoms. The van der Waals surface area contributed by atoms with Crippen LogP contribution in [0.3, 0.4) is 0 Å². The molecular formula is C13H20N4O3S. The van der Waals surface area contributed by atoms with Crippen molar-refractivity contribution in [2.75, 3.05) is 56.6 Å². The van der Waals surface area contributed by atoms with E-state index in [9.17, 15) is 9.90 Å². The van der Waals surface area contributed by atoms with Crippen LogP contribution in [0, 0.1) is 5.92 Å². The topological polar surface area (TPSA) is 91.9 Å². The maximum Gasteiger partial charge on any atom is 0.267 e. The quantitative estimate of drug-likeness (QED) is 0.817. The van der Waals surface area contributed by atoms with Crippen LogP contribution in [0.5, 0.6) is 0 Å². The molecule has 0 aliphatic carbocycles. The van der Waals surface area contributed by atoms with Gasteiger partial charge in [0.05, 0.1) is 13.2 Å². The van der Waals surface area contributed by atoms with Crippen LogP contribution in [0.15, 0.2) is 0 Å². The minimum absolute atomic E-state index is 0.0690. The van der Waals surface area contributed by atoms with Gasteiger partial charge in [-0.15, -0.1) is 0 Å². The van der Waals surface area contributed by atoms with E-state index in [0.717, 1.165) is 24.6 Å². The average Bonchev–Trinajstić information content (AvgIpc) is 3.14. The van der Waals surface area contributed by atoms with Crippen LogP contribution in [0.1, 0.15) is 16.1 Å². The van der Waals surface area contributed by atoms with Crippen molar-refractivity contribution in [2.45, 2.75) is 6.42 Å². The SMILES string of the molecule is Nc1nc(N2CCOCC2)sc1C(=O)N1CCC(CO)C1. The molecular weight excluding hydrogens is 292 g/mol. The minimum atomic E-state index is -0.0690. The molecule has 0 aromatic carbocycles. The molecule has 7 nitrogen and oxygen atoms in total. The van der Waals surface area contributed by atoms with Crippen LogP contribution in [0.4, 0.5) is 10.9 Å². The molecule has 0 spiro atoms. The number of carbonyl (C=O) groups is 1. The van der Waals surface area contributed by atoms with Crippen molar-refractivity contribution in [1.82, 2.24) is 9.88 Å². The van der Waals surface area contributed by atoms with Gasteiger partial charge in [0, 0.05) is 38.7 Å². The van der Waals surface area contributed by atoms with Crippen molar-refractivity contribution in [2.24, 2.45) is 5.92 Å². The van der Waals surface area contributed by atoms with Crippen molar-refractivity contribution in [3.8, 4) is 0 Å². The van der Waals surface area contributed by atoms with E-state index >= 15 is 0 Å². The van der Waals surface area contributed by atoms with Crippen molar-refractivity contribution in [3.05, 3.63) is 4.88 Å². The van der Waals surface area contributed by atoms with Crippen LogP contribution in [-0.4, -0.2) is 66.9 Å². The zero-order valence-electron chi connectivity index (χ0n) is 11.8. The summed E-state index contributed by atoms with van der Waals surface area (Å²) in [7, 11) is 0. The molecule has 116 valence electrons. The molecule has 2 aliphatic heterocycles. The summed E-state index contributed by atoms with van der Waals surface area (Å²) in [5.41, 5.74) is 5.93. The number of aliphatic hydroxyl groups excluding tert-OH is 1. The van der Waals surface area contributed by atoms with Gasteiger partial charge in [0.25, 0.3) is 5.91 Å². The first-order valence-electron chi connectivity index (χ1n) is 7.18. The molecule has 3 rings (SSSR count). The zero-order valence-corrected chi connectivity index (χ0v) is 12.6. The normalized spacial score (nSPS) is 22.8. The Kier molecular flexibility index (Phi) is 4.27. The lowest BCUT2D eigenvalue weighted by atomic mass is 10.1. The predicted octanol–water partition coefficient (Wildman–Crippen LogP) is 0.0163. The number of nitrogen functional groups attached to an aromatic ring is 1. The van der Waals surface area contributed by atoms with Gasteiger partial charge in [-0.1, -0.05) is 11.3 Å². The first-order valence-corrected chi connectivity index (χ1v) is 8.00. The Morgan fingerprint density at radius 3 is 2.86 bits per heavy atom. The van der Waals surface area contributed by atoms with Gasteiger partial charge in [-0.05, 0) is 6.42 Å². The van der Waals surface area contributed by atoms with E-state index in [1.807, 2.05) is 0 Å². The van der Waals surface area contributed by atoms with E-state index in [-0.39, 0.29) is 18.4 Å². The van der Waals surface area contributed by atoms with E-state index in [0.29, 0.717) is 37.0 Å². The molecule has 1 unspecified atom stereocenters. The molecule has 2 aliphatic rings. The van der Waals surface area contributed by atoms with E-state index in [1.165, 1.54) is 11.3 Å². The average molecular weight is 312 g/mol. The lowest BCUT2D eigenvalue weighted by Crippen LogP contribution is -2.36. The number of thiazole rings is 1. The third kappa shape index (κ3) is 2.97. The van der Waals surface area contributed by atoms with Gasteiger partial charge in [0.15, 0.2) is 5.13 Å². The highest BCUT2D eigenvalue weighted by atomic mass is 32.1. The summed E-state index contributed by atoms with van der Waals surface area (Å²) < 4.78 is 5.32. The minimum Gasteiger partial charge on any atom is -0.396 e. The number of nitrogens with two attached hydrogens (primary N) is 1. The smallest absolute Gasteiger partial charge is 0.267 e. The second-order valence-electron chi connectivity index (χ2n) is 5.40. The highest BCUT2D eigenvalue weighted by Gasteiger charge is 2.30. The van der Waals surface area contributed by atoms with E-state index in [2.05, 4.69) is 9.88 Å². The number of amides is 1. The lowest BCUT2D eigenvalue weighted by Gasteiger charge is -2.25. The Morgan fingerprint density at radius 1 is 1.43 bits per heavy atom. The second kappa shape index (κ2) is 6.17. The molecule has 1 atom stereocenters. The fraction of sp³-hybridized carbons (Fsp3) is 0.692. The number of carbonyl (C=O) groups excluding carboxylic acids is 1. The lowest BCUT2D eigenvalue weighted by molar-refractivity contribution is 0.0787. The fourth-order valence-corrected chi connectivity index (χ4v) is 3.68. The number of aromatic nitrogens is 1. The summed E-state index contributed by atoms with van der Waals surface area (Å²) in [6.07, 6.45) is 0.845. The number of aliphatic hydroxyl groups is 1. The molecule has 0 saturated carbocycles. The first kappa shape index (κ1) is 14.6. The van der Waals surface area contributed by atoms with Crippen molar-refractivity contribution in [3.63, 3.8) is 0 Å². The van der Waals surface area contributed by atoms with Crippen LogP contribution >= 0.6 is 11.3 Å². The number of hydrogen-bond donors (Lipinski definition) is 2. The predicted molar refractivity (Wildman–Crippen MR) is 80.7 cm³/mol. The van der Waals surface area contributed by atoms with Gasteiger partial charge in [-0.2, -0.15) is 0 Å². The molecule has 0 radical (unpaired) electrons. The molecule has 8 heteroatoms. The van der Waals surface area contributed by atoms with Gasteiger partial charge >= 0.3 is 0 Å². The van der Waals surface area contributed by atoms with E-state index in [1.54, 1.807) is 4.90 Å². The van der Waals surface area contributed by atoms with Gasteiger partial charge < -0.3 is 25.4 Å². The van der Waals surface area contributed by atoms with E-state index < -0.39 is 0 Å². The Balaban J connectivity index is 1.73. The molecule has 1 aromatic rings. The zero-order chi connectivity index (χ0) is 14.8. The highest BCUT2D eigenvalue weighted by molar-refractivity contribution is 7.18. The molecule has 3 N–H and O–H groups in total. The van der Waals surface area contributed by atoms with Crippen molar-refractivity contribution in [1.29, 1.82) is 0 Å². The Bertz CT molecular complexity index is 516. The van der Waals surface area contributed by atoms with Crippen molar-refractivity contribution < 1.29 is 14.6 Å². The molecule has 0 bridgehead atoms. The summed E-state index contributed by atoms with van der Waals surface area (Å²) >= 11 is 1.35. The van der Waals surface area contributed by atoms with Crippen LogP contribution < -0.4 is 10.6 Å². The van der Waals surface area contributed by atoms with Crippen molar-refractivity contribution >= 4 is 28.2 Å². The maximum absolute atomic E-state index is 12.5. The number of morpholine rings is 1. The number of nitrogens with zero attached hydrogens (tertiary/aromatic N) is 3. The summed E-state index contributed by atoms with van der Waals surface area (Å²) in [6, 6.07) is 0. The van der Waals surface area contributed by atoms with Gasteiger partial charge in [-0.25, -0.2) is 4.98 Å². The van der Waals surface area contributed by atoms with E-state index in [4.69, 9.17) is 10.5 Å². The number of anilines is 2. The highest BCUT2D eigenvalue weighted by Crippen LogP contribution is 2.31. The first-order chi connectivity index (χ1) is 10.2. The summed E-state index contributed by atoms with van der Waals surface area (Å²) in [5.74, 6) is 0.418. The molecule has 1 amide bonds.